The van der Waals surface area contributed by atoms with Crippen LogP contribution in [0.3, 0.4) is 0 Å². The van der Waals surface area contributed by atoms with Crippen LogP contribution in [0, 0.1) is 5.92 Å². The van der Waals surface area contributed by atoms with Crippen molar-refractivity contribution >= 4 is 5.69 Å². The molecule has 1 N–H and O–H groups in total. The molecule has 0 saturated heterocycles. The minimum absolute atomic E-state index is 0.638. The molecule has 17 heavy (non-hydrogen) atoms. The Morgan fingerprint density at radius 3 is 2.94 bits per heavy atom. The first-order valence-electron chi connectivity index (χ1n) is 6.72. The Morgan fingerprint density at radius 1 is 1.41 bits per heavy atom. The van der Waals surface area contributed by atoms with Crippen LogP contribution in [-0.2, 0) is 6.42 Å². The zero-order valence-electron chi connectivity index (χ0n) is 11.2. The summed E-state index contributed by atoms with van der Waals surface area (Å²) in [5, 5.41) is 3.54. The number of rotatable bonds is 4. The Labute approximate surface area is 105 Å². The number of fused-ring (bicyclic) bond motifs is 1. The van der Waals surface area contributed by atoms with E-state index >= 15 is 0 Å². The van der Waals surface area contributed by atoms with Crippen LogP contribution in [0.5, 0.6) is 0 Å². The van der Waals surface area contributed by atoms with Crippen LogP contribution in [0.25, 0.3) is 0 Å². The van der Waals surface area contributed by atoms with E-state index in [9.17, 15) is 0 Å². The van der Waals surface area contributed by atoms with E-state index in [2.05, 4.69) is 55.4 Å². The van der Waals surface area contributed by atoms with Gasteiger partial charge in [-0.25, -0.2) is 0 Å². The molecule has 0 amide bonds. The molecule has 0 radical (unpaired) electrons. The maximum atomic E-state index is 3.54. The SMILES string of the molecule is CCC(C)CN(C)C1CNc2ccccc2C1. The van der Waals surface area contributed by atoms with Gasteiger partial charge in [0.05, 0.1) is 0 Å². The maximum absolute atomic E-state index is 3.54. The zero-order valence-corrected chi connectivity index (χ0v) is 11.2. The standard InChI is InChI=1S/C15H24N2/c1-4-12(2)11-17(3)14-9-13-7-5-6-8-15(13)16-10-14/h5-8,12,14,16H,4,9-11H2,1-3H3. The lowest BCUT2D eigenvalue weighted by Gasteiger charge is -2.34. The summed E-state index contributed by atoms with van der Waals surface area (Å²) in [5.74, 6) is 0.789. The number of benzene rings is 1. The van der Waals surface area contributed by atoms with Crippen molar-refractivity contribution in [1.29, 1.82) is 0 Å². The number of nitrogens with one attached hydrogen (secondary N) is 1. The van der Waals surface area contributed by atoms with Crippen molar-refractivity contribution in [2.24, 2.45) is 5.92 Å². The molecule has 0 spiro atoms. The predicted molar refractivity (Wildman–Crippen MR) is 74.5 cm³/mol. The number of hydrogen-bond acceptors (Lipinski definition) is 2. The first kappa shape index (κ1) is 12.4. The quantitative estimate of drug-likeness (QED) is 0.858. The number of likely N-dealkylation sites (N-methyl/N-ethyl adjacent to an activating group) is 1. The second-order valence-corrected chi connectivity index (χ2v) is 5.35. The van der Waals surface area contributed by atoms with Gasteiger partial charge in [0.1, 0.15) is 0 Å². The fourth-order valence-corrected chi connectivity index (χ4v) is 2.51. The highest BCUT2D eigenvalue weighted by molar-refractivity contribution is 5.53. The van der Waals surface area contributed by atoms with E-state index in [1.165, 1.54) is 30.6 Å². The molecule has 0 fully saturated rings. The lowest BCUT2D eigenvalue weighted by Crippen LogP contribution is -2.43. The highest BCUT2D eigenvalue weighted by atomic mass is 15.2. The zero-order chi connectivity index (χ0) is 12.3. The van der Waals surface area contributed by atoms with Crippen molar-refractivity contribution in [2.75, 3.05) is 25.5 Å². The van der Waals surface area contributed by atoms with Crippen molar-refractivity contribution in [2.45, 2.75) is 32.7 Å². The van der Waals surface area contributed by atoms with Gasteiger partial charge in [-0.15, -0.1) is 0 Å². The van der Waals surface area contributed by atoms with E-state index < -0.39 is 0 Å². The Kier molecular flexibility index (Phi) is 4.06. The number of nitrogens with zero attached hydrogens (tertiary/aromatic N) is 1. The van der Waals surface area contributed by atoms with Gasteiger partial charge in [0.25, 0.3) is 0 Å². The van der Waals surface area contributed by atoms with Gasteiger partial charge in [-0.1, -0.05) is 38.5 Å². The van der Waals surface area contributed by atoms with Crippen LogP contribution in [-0.4, -0.2) is 31.1 Å². The molecule has 2 nitrogen and oxygen atoms in total. The molecule has 0 saturated carbocycles. The topological polar surface area (TPSA) is 15.3 Å². The predicted octanol–water partition coefficient (Wildman–Crippen LogP) is 3.00. The molecule has 2 heteroatoms. The Hall–Kier alpha value is -1.02. The van der Waals surface area contributed by atoms with Crippen LogP contribution >= 0.6 is 0 Å². The largest absolute Gasteiger partial charge is 0.383 e. The molecule has 0 aliphatic carbocycles. The summed E-state index contributed by atoms with van der Waals surface area (Å²) in [6.45, 7) is 6.88. The lowest BCUT2D eigenvalue weighted by atomic mass is 9.98. The molecule has 2 unspecified atom stereocenters. The van der Waals surface area contributed by atoms with Crippen LogP contribution < -0.4 is 5.32 Å². The molecule has 2 rings (SSSR count). The summed E-state index contributed by atoms with van der Waals surface area (Å²) in [7, 11) is 2.26. The molecule has 1 aliphatic rings. The monoisotopic (exact) mass is 232 g/mol. The highest BCUT2D eigenvalue weighted by Crippen LogP contribution is 2.23. The maximum Gasteiger partial charge on any atom is 0.0373 e. The van der Waals surface area contributed by atoms with E-state index in [1.54, 1.807) is 0 Å². The molecular weight excluding hydrogens is 208 g/mol. The molecule has 1 heterocycles. The molecule has 1 aliphatic heterocycles. The van der Waals surface area contributed by atoms with Gasteiger partial charge >= 0.3 is 0 Å². The summed E-state index contributed by atoms with van der Waals surface area (Å²) >= 11 is 0. The van der Waals surface area contributed by atoms with Crippen LogP contribution in [0.2, 0.25) is 0 Å². The third-order valence-corrected chi connectivity index (χ3v) is 3.92. The average Bonchev–Trinajstić information content (AvgIpc) is 2.38. The van der Waals surface area contributed by atoms with Crippen LogP contribution in [0.1, 0.15) is 25.8 Å². The van der Waals surface area contributed by atoms with Gasteiger partial charge < -0.3 is 10.2 Å². The molecule has 94 valence electrons. The van der Waals surface area contributed by atoms with Crippen molar-refractivity contribution in [3.8, 4) is 0 Å². The van der Waals surface area contributed by atoms with E-state index in [-0.39, 0.29) is 0 Å². The van der Waals surface area contributed by atoms with E-state index in [4.69, 9.17) is 0 Å². The first-order chi connectivity index (χ1) is 8.20. The third kappa shape index (κ3) is 3.01. The molecule has 1 aromatic rings. The second-order valence-electron chi connectivity index (χ2n) is 5.35. The van der Waals surface area contributed by atoms with Gasteiger partial charge in [0.2, 0.25) is 0 Å². The fraction of sp³-hybridized carbons (Fsp3) is 0.600. The first-order valence-corrected chi connectivity index (χ1v) is 6.72. The molecule has 0 aromatic heterocycles. The summed E-state index contributed by atoms with van der Waals surface area (Å²) in [6, 6.07) is 9.30. The Bertz CT molecular complexity index is 362. The van der Waals surface area contributed by atoms with Crippen LogP contribution in [0.15, 0.2) is 24.3 Å². The number of anilines is 1. The minimum atomic E-state index is 0.638. The van der Waals surface area contributed by atoms with Crippen molar-refractivity contribution < 1.29 is 0 Å². The Morgan fingerprint density at radius 2 is 2.18 bits per heavy atom. The summed E-state index contributed by atoms with van der Waals surface area (Å²) in [4.78, 5) is 2.51. The minimum Gasteiger partial charge on any atom is -0.383 e. The smallest absolute Gasteiger partial charge is 0.0373 e. The van der Waals surface area contributed by atoms with E-state index in [1.807, 2.05) is 0 Å². The number of hydrogen-bond donors (Lipinski definition) is 1. The Balaban J connectivity index is 1.97. The van der Waals surface area contributed by atoms with Gasteiger partial charge in [0, 0.05) is 24.8 Å². The van der Waals surface area contributed by atoms with E-state index in [0.717, 1.165) is 12.5 Å². The van der Waals surface area contributed by atoms with Crippen LogP contribution in [0.4, 0.5) is 5.69 Å². The van der Waals surface area contributed by atoms with E-state index in [0.29, 0.717) is 6.04 Å². The van der Waals surface area contributed by atoms with Gasteiger partial charge in [0.15, 0.2) is 0 Å². The number of para-hydroxylation sites is 1. The van der Waals surface area contributed by atoms with Gasteiger partial charge in [-0.2, -0.15) is 0 Å². The average molecular weight is 232 g/mol. The van der Waals surface area contributed by atoms with Crippen molar-refractivity contribution in [3.05, 3.63) is 29.8 Å². The van der Waals surface area contributed by atoms with Gasteiger partial charge in [-0.3, -0.25) is 0 Å². The highest BCUT2D eigenvalue weighted by Gasteiger charge is 2.21. The second kappa shape index (κ2) is 5.54. The summed E-state index contributed by atoms with van der Waals surface area (Å²) < 4.78 is 0. The van der Waals surface area contributed by atoms with Crippen molar-refractivity contribution in [3.63, 3.8) is 0 Å². The third-order valence-electron chi connectivity index (χ3n) is 3.92. The summed E-state index contributed by atoms with van der Waals surface area (Å²) in [5.41, 5.74) is 2.78. The van der Waals surface area contributed by atoms with Crippen molar-refractivity contribution in [1.82, 2.24) is 4.90 Å². The van der Waals surface area contributed by atoms with Gasteiger partial charge in [-0.05, 0) is 31.0 Å². The molecular formula is C15H24N2. The fourth-order valence-electron chi connectivity index (χ4n) is 2.51. The molecule has 1 aromatic carbocycles. The normalized spacial score (nSPS) is 20.8. The summed E-state index contributed by atoms with van der Waals surface area (Å²) in [6.07, 6.45) is 2.44. The molecule has 0 bridgehead atoms. The molecule has 2 atom stereocenters. The lowest BCUT2D eigenvalue weighted by molar-refractivity contribution is 0.213.